The Bertz CT molecular complexity index is 308. The van der Waals surface area contributed by atoms with Gasteiger partial charge in [0.15, 0.2) is 0 Å². The minimum atomic E-state index is -1.83. The first-order valence-corrected chi connectivity index (χ1v) is 4.31. The molecule has 0 aliphatic rings. The van der Waals surface area contributed by atoms with Crippen LogP contribution in [0.15, 0.2) is 33.7 Å². The van der Waals surface area contributed by atoms with E-state index in [-0.39, 0.29) is 5.63 Å². The van der Waals surface area contributed by atoms with Gasteiger partial charge in [-0.3, -0.25) is 0 Å². The molecule has 0 bridgehead atoms. The van der Waals surface area contributed by atoms with E-state index < -0.39 is 11.8 Å². The maximum Gasteiger partial charge on any atom is 0.503 e. The Morgan fingerprint density at radius 2 is 1.62 bits per heavy atom. The van der Waals surface area contributed by atoms with Gasteiger partial charge < -0.3 is 19.7 Å². The molecule has 0 spiro atoms. The second-order valence-corrected chi connectivity index (χ2v) is 3.58. The van der Waals surface area contributed by atoms with Crippen LogP contribution in [0.3, 0.4) is 0 Å². The van der Waals surface area contributed by atoms with E-state index in [0.29, 0.717) is 0 Å². The van der Waals surface area contributed by atoms with Crippen LogP contribution in [-0.4, -0.2) is 27.1 Å². The molecule has 0 unspecified atom stereocenters. The largest absolute Gasteiger partial charge is 0.503 e. The molecule has 0 aromatic carbocycles. The molecule has 1 aromatic heterocycles. The zero-order valence-electron chi connectivity index (χ0n) is 9.38. The average molecular weight is 232 g/mol. The van der Waals surface area contributed by atoms with Gasteiger partial charge >= 0.3 is 11.8 Å². The molecule has 6 heteroatoms. The fourth-order valence-electron chi connectivity index (χ4n) is 0.325. The quantitative estimate of drug-likeness (QED) is 0.627. The van der Waals surface area contributed by atoms with E-state index in [2.05, 4.69) is 4.42 Å². The third-order valence-corrected chi connectivity index (χ3v) is 0.606. The van der Waals surface area contributed by atoms with Crippen LogP contribution in [-0.2, 0) is 0 Å². The van der Waals surface area contributed by atoms with Crippen LogP contribution in [0.25, 0.3) is 0 Å². The van der Waals surface area contributed by atoms with E-state index in [0.717, 1.165) is 0 Å². The zero-order chi connectivity index (χ0) is 13.2. The summed E-state index contributed by atoms with van der Waals surface area (Å²) in [5, 5.41) is 22.5. The van der Waals surface area contributed by atoms with Gasteiger partial charge in [0.2, 0.25) is 0 Å². The minimum Gasteiger partial charge on any atom is -0.450 e. The van der Waals surface area contributed by atoms with Crippen molar-refractivity contribution in [2.45, 2.75) is 26.4 Å². The second-order valence-electron chi connectivity index (χ2n) is 3.58. The van der Waals surface area contributed by atoms with Gasteiger partial charge in [0.05, 0.1) is 11.9 Å². The van der Waals surface area contributed by atoms with Crippen molar-refractivity contribution in [3.05, 3.63) is 34.9 Å². The van der Waals surface area contributed by atoms with Crippen molar-refractivity contribution < 1.29 is 24.5 Å². The molecule has 0 radical (unpaired) electrons. The highest BCUT2D eigenvalue weighted by molar-refractivity contribution is 5.53. The van der Waals surface area contributed by atoms with Gasteiger partial charge in [-0.25, -0.2) is 9.59 Å². The Morgan fingerprint density at radius 3 is 1.75 bits per heavy atom. The Labute approximate surface area is 92.8 Å². The highest BCUT2D eigenvalue weighted by atomic mass is 16.6. The second kappa shape index (κ2) is 8.49. The van der Waals surface area contributed by atoms with Crippen molar-refractivity contribution in [2.75, 3.05) is 0 Å². The molecular weight excluding hydrogens is 216 g/mol. The third-order valence-electron chi connectivity index (χ3n) is 0.606. The predicted molar refractivity (Wildman–Crippen MR) is 57.6 cm³/mol. The number of hydrogen-bond acceptors (Lipinski definition) is 4. The van der Waals surface area contributed by atoms with Gasteiger partial charge in [-0.05, 0) is 26.8 Å². The van der Waals surface area contributed by atoms with E-state index in [9.17, 15) is 4.79 Å². The third kappa shape index (κ3) is 39.9. The predicted octanol–water partition coefficient (Wildman–Crippen LogP) is 1.64. The summed E-state index contributed by atoms with van der Waals surface area (Å²) in [7, 11) is 0. The van der Waals surface area contributed by atoms with Crippen molar-refractivity contribution in [2.24, 2.45) is 0 Å². The van der Waals surface area contributed by atoms with Crippen LogP contribution in [0.5, 0.6) is 0 Å². The first-order valence-electron chi connectivity index (χ1n) is 4.31. The molecule has 1 rings (SSSR count). The van der Waals surface area contributed by atoms with E-state index in [1.54, 1.807) is 32.9 Å². The molecule has 1 aromatic rings. The zero-order valence-corrected chi connectivity index (χ0v) is 9.38. The molecule has 0 amide bonds. The molecular formula is C10H16O6. The lowest BCUT2D eigenvalue weighted by Crippen LogP contribution is -2.10. The smallest absolute Gasteiger partial charge is 0.450 e. The maximum absolute atomic E-state index is 10.1. The first-order chi connectivity index (χ1) is 7.13. The Balaban J connectivity index is 0. The summed E-state index contributed by atoms with van der Waals surface area (Å²) in [4.78, 5) is 18.7. The number of aliphatic hydroxyl groups is 1. The maximum atomic E-state index is 10.1. The summed E-state index contributed by atoms with van der Waals surface area (Å²) in [6.07, 6.45) is -0.484. The van der Waals surface area contributed by atoms with E-state index in [1.807, 2.05) is 0 Å². The van der Waals surface area contributed by atoms with Gasteiger partial charge in [0.1, 0.15) is 0 Å². The van der Waals surface area contributed by atoms with Crippen molar-refractivity contribution in [3.8, 4) is 0 Å². The monoisotopic (exact) mass is 232 g/mol. The van der Waals surface area contributed by atoms with Gasteiger partial charge in [-0.1, -0.05) is 6.07 Å². The fourth-order valence-corrected chi connectivity index (χ4v) is 0.325. The molecule has 0 atom stereocenters. The van der Waals surface area contributed by atoms with Gasteiger partial charge in [-0.15, -0.1) is 0 Å². The molecule has 0 saturated heterocycles. The number of carbonyl (C=O) groups is 1. The van der Waals surface area contributed by atoms with Gasteiger partial charge in [-0.2, -0.15) is 0 Å². The van der Waals surface area contributed by atoms with Crippen LogP contribution in [0.2, 0.25) is 0 Å². The molecule has 0 aliphatic carbocycles. The standard InChI is InChI=1S/C5H4O2.C4H10O.CH2O3/c6-5-3-1-2-4-7-5;1-4(2,3)5;2-1(3)4/h1-4H;5H,1-3H3;(H2,2,3,4). The SMILES string of the molecule is CC(C)(C)O.O=C(O)O.O=c1cccco1. The van der Waals surface area contributed by atoms with Crippen LogP contribution in [0, 0.1) is 0 Å². The average Bonchev–Trinajstić information content (AvgIpc) is 2.00. The van der Waals surface area contributed by atoms with Gasteiger partial charge in [0, 0.05) is 6.07 Å². The molecule has 6 nitrogen and oxygen atoms in total. The summed E-state index contributed by atoms with van der Waals surface area (Å²) < 4.78 is 4.37. The minimum absolute atomic E-state index is 0.303. The Hall–Kier alpha value is -1.82. The van der Waals surface area contributed by atoms with E-state index >= 15 is 0 Å². The van der Waals surface area contributed by atoms with Crippen LogP contribution in [0.4, 0.5) is 4.79 Å². The summed E-state index contributed by atoms with van der Waals surface area (Å²) in [5.41, 5.74) is -0.803. The summed E-state index contributed by atoms with van der Waals surface area (Å²) in [5.74, 6) is 0. The normalized spacial score (nSPS) is 9.00. The molecule has 0 saturated carbocycles. The number of carboxylic acid groups (broad SMARTS) is 2. The molecule has 16 heavy (non-hydrogen) atoms. The van der Waals surface area contributed by atoms with E-state index in [1.165, 1.54) is 12.3 Å². The topological polar surface area (TPSA) is 108 Å². The lowest BCUT2D eigenvalue weighted by Gasteiger charge is -2.04. The Kier molecular flexibility index (Phi) is 8.81. The van der Waals surface area contributed by atoms with Crippen molar-refractivity contribution in [1.29, 1.82) is 0 Å². The molecule has 92 valence electrons. The first kappa shape index (κ1) is 16.6. The van der Waals surface area contributed by atoms with Crippen LogP contribution in [0.1, 0.15) is 20.8 Å². The summed E-state index contributed by atoms with van der Waals surface area (Å²) >= 11 is 0. The van der Waals surface area contributed by atoms with Gasteiger partial charge in [0.25, 0.3) is 0 Å². The number of rotatable bonds is 0. The van der Waals surface area contributed by atoms with Crippen molar-refractivity contribution >= 4 is 6.16 Å². The summed E-state index contributed by atoms with van der Waals surface area (Å²) in [6.45, 7) is 5.23. The number of hydrogen-bond donors (Lipinski definition) is 3. The highest BCUT2D eigenvalue weighted by Gasteiger charge is 1.97. The lowest BCUT2D eigenvalue weighted by molar-refractivity contribution is 0.102. The van der Waals surface area contributed by atoms with E-state index in [4.69, 9.17) is 20.1 Å². The highest BCUT2D eigenvalue weighted by Crippen LogP contribution is 1.93. The molecule has 0 fully saturated rings. The molecule has 1 heterocycles. The fraction of sp³-hybridized carbons (Fsp3) is 0.400. The Morgan fingerprint density at radius 1 is 1.25 bits per heavy atom. The van der Waals surface area contributed by atoms with Crippen LogP contribution < -0.4 is 5.63 Å². The molecule has 3 N–H and O–H groups in total. The van der Waals surface area contributed by atoms with Crippen molar-refractivity contribution in [1.82, 2.24) is 0 Å². The van der Waals surface area contributed by atoms with Crippen molar-refractivity contribution in [3.63, 3.8) is 0 Å². The molecule has 0 aliphatic heterocycles. The summed E-state index contributed by atoms with van der Waals surface area (Å²) in [6, 6.07) is 4.65. The lowest BCUT2D eigenvalue weighted by atomic mass is 10.2. The van der Waals surface area contributed by atoms with Crippen LogP contribution >= 0.6 is 0 Å².